The van der Waals surface area contributed by atoms with E-state index in [1.807, 2.05) is 19.1 Å². The molecule has 4 heteroatoms. The van der Waals surface area contributed by atoms with Gasteiger partial charge in [-0.3, -0.25) is 5.84 Å². The Morgan fingerprint density at radius 3 is 2.88 bits per heavy atom. The number of hydrazine groups is 1. The van der Waals surface area contributed by atoms with Crippen LogP contribution in [0.5, 0.6) is 5.75 Å². The third-order valence-electron chi connectivity index (χ3n) is 2.66. The Hall–Kier alpha value is -1.81. The molecule has 17 heavy (non-hydrogen) atoms. The number of nitrogens with two attached hydrogens (primary N) is 1. The first kappa shape index (κ1) is 11.7. The number of hydrogen-bond donors (Lipinski definition) is 2. The number of ether oxygens (including phenoxy) is 1. The van der Waals surface area contributed by atoms with Gasteiger partial charge in [0.15, 0.2) is 5.83 Å². The summed E-state index contributed by atoms with van der Waals surface area (Å²) in [5.41, 5.74) is 4.37. The third kappa shape index (κ3) is 2.65. The van der Waals surface area contributed by atoms with Crippen molar-refractivity contribution in [2.75, 3.05) is 5.43 Å². The molecule has 2 rings (SSSR count). The van der Waals surface area contributed by atoms with E-state index in [0.29, 0.717) is 17.9 Å². The normalized spacial score (nSPS) is 15.0. The van der Waals surface area contributed by atoms with Gasteiger partial charge in [0.2, 0.25) is 0 Å². The van der Waals surface area contributed by atoms with Crippen LogP contribution in [-0.4, -0.2) is 0 Å². The molecule has 0 saturated heterocycles. The van der Waals surface area contributed by atoms with Gasteiger partial charge in [-0.1, -0.05) is 6.08 Å². The van der Waals surface area contributed by atoms with E-state index in [-0.39, 0.29) is 5.83 Å². The lowest BCUT2D eigenvalue weighted by atomic mass is 10.1. The van der Waals surface area contributed by atoms with Crippen LogP contribution in [0.2, 0.25) is 0 Å². The first-order valence-corrected chi connectivity index (χ1v) is 5.51. The molecule has 0 aromatic heterocycles. The summed E-state index contributed by atoms with van der Waals surface area (Å²) in [6.07, 6.45) is 4.65. The summed E-state index contributed by atoms with van der Waals surface area (Å²) in [7, 11) is 0. The third-order valence-corrected chi connectivity index (χ3v) is 2.66. The molecular formula is C13H15FN2O. The second-order valence-electron chi connectivity index (χ2n) is 3.94. The molecule has 0 saturated carbocycles. The van der Waals surface area contributed by atoms with Crippen molar-refractivity contribution < 1.29 is 9.13 Å². The van der Waals surface area contributed by atoms with Gasteiger partial charge in [-0.05, 0) is 43.2 Å². The van der Waals surface area contributed by atoms with Crippen molar-refractivity contribution in [2.45, 2.75) is 19.8 Å². The van der Waals surface area contributed by atoms with Gasteiger partial charge in [0.05, 0.1) is 5.69 Å². The fraction of sp³-hybridized carbons (Fsp3) is 0.231. The smallest absolute Gasteiger partial charge is 0.161 e. The Labute approximate surface area is 99.7 Å². The van der Waals surface area contributed by atoms with E-state index in [1.165, 1.54) is 6.08 Å². The number of halogens is 1. The van der Waals surface area contributed by atoms with Crippen LogP contribution in [0.25, 0.3) is 0 Å². The summed E-state index contributed by atoms with van der Waals surface area (Å²) in [6, 6.07) is 5.40. The Kier molecular flexibility index (Phi) is 3.44. The maximum Gasteiger partial charge on any atom is 0.161 e. The van der Waals surface area contributed by atoms with Gasteiger partial charge < -0.3 is 10.2 Å². The van der Waals surface area contributed by atoms with Gasteiger partial charge in [0.1, 0.15) is 11.5 Å². The Morgan fingerprint density at radius 2 is 2.24 bits per heavy atom. The zero-order chi connectivity index (χ0) is 12.3. The van der Waals surface area contributed by atoms with E-state index in [0.717, 1.165) is 17.7 Å². The van der Waals surface area contributed by atoms with Crippen molar-refractivity contribution in [3.05, 3.63) is 47.5 Å². The highest BCUT2D eigenvalue weighted by molar-refractivity contribution is 5.52. The minimum atomic E-state index is -0.296. The second-order valence-corrected chi connectivity index (χ2v) is 3.94. The van der Waals surface area contributed by atoms with Crippen molar-refractivity contribution in [1.29, 1.82) is 0 Å². The topological polar surface area (TPSA) is 47.3 Å². The number of aryl methyl sites for hydroxylation is 1. The monoisotopic (exact) mass is 234 g/mol. The SMILES string of the molecule is Cc1cc(OC2=C(F)C=CCC2)ccc1NN. The highest BCUT2D eigenvalue weighted by Crippen LogP contribution is 2.26. The average Bonchev–Trinajstić information content (AvgIpc) is 2.32. The fourth-order valence-corrected chi connectivity index (χ4v) is 1.72. The average molecular weight is 234 g/mol. The summed E-state index contributed by atoms with van der Waals surface area (Å²) >= 11 is 0. The molecule has 0 fully saturated rings. The standard InChI is InChI=1S/C13H15FN2O/c1-9-8-10(6-7-12(9)16-15)17-13-5-3-2-4-11(13)14/h2,4,6-8,16H,3,5,15H2,1H3. The number of nitrogen functional groups attached to an aromatic ring is 1. The molecule has 1 aromatic carbocycles. The molecule has 0 amide bonds. The van der Waals surface area contributed by atoms with Crippen LogP contribution in [0.3, 0.4) is 0 Å². The van der Waals surface area contributed by atoms with Crippen molar-refractivity contribution in [3.8, 4) is 5.75 Å². The van der Waals surface area contributed by atoms with E-state index in [4.69, 9.17) is 10.6 Å². The highest BCUT2D eigenvalue weighted by Gasteiger charge is 2.11. The van der Waals surface area contributed by atoms with Crippen LogP contribution < -0.4 is 16.0 Å². The lowest BCUT2D eigenvalue weighted by molar-refractivity contribution is 0.376. The van der Waals surface area contributed by atoms with Gasteiger partial charge >= 0.3 is 0 Å². The summed E-state index contributed by atoms with van der Waals surface area (Å²) in [5.74, 6) is 6.06. The van der Waals surface area contributed by atoms with Crippen molar-refractivity contribution in [2.24, 2.45) is 5.84 Å². The van der Waals surface area contributed by atoms with E-state index in [1.54, 1.807) is 12.1 Å². The van der Waals surface area contributed by atoms with Gasteiger partial charge in [-0.15, -0.1) is 0 Å². The maximum absolute atomic E-state index is 13.4. The molecule has 1 aliphatic rings. The molecule has 1 aliphatic carbocycles. The minimum absolute atomic E-state index is 0.296. The number of allylic oxidation sites excluding steroid dienone is 4. The Bertz CT molecular complexity index is 480. The quantitative estimate of drug-likeness (QED) is 0.623. The zero-order valence-electron chi connectivity index (χ0n) is 9.66. The predicted molar refractivity (Wildman–Crippen MR) is 66.1 cm³/mol. The van der Waals surface area contributed by atoms with Gasteiger partial charge in [0.25, 0.3) is 0 Å². The van der Waals surface area contributed by atoms with Crippen LogP contribution in [0.1, 0.15) is 18.4 Å². The number of nitrogens with one attached hydrogen (secondary N) is 1. The molecule has 0 bridgehead atoms. The van der Waals surface area contributed by atoms with E-state index in [2.05, 4.69) is 5.43 Å². The van der Waals surface area contributed by atoms with E-state index < -0.39 is 0 Å². The molecule has 3 nitrogen and oxygen atoms in total. The highest BCUT2D eigenvalue weighted by atomic mass is 19.1. The van der Waals surface area contributed by atoms with Crippen molar-refractivity contribution in [3.63, 3.8) is 0 Å². The second kappa shape index (κ2) is 5.01. The lowest BCUT2D eigenvalue weighted by Crippen LogP contribution is -2.08. The van der Waals surface area contributed by atoms with Crippen molar-refractivity contribution >= 4 is 5.69 Å². The fourth-order valence-electron chi connectivity index (χ4n) is 1.72. The number of anilines is 1. The summed E-state index contributed by atoms with van der Waals surface area (Å²) in [5, 5.41) is 0. The first-order valence-electron chi connectivity index (χ1n) is 5.51. The molecule has 0 aliphatic heterocycles. The van der Waals surface area contributed by atoms with E-state index in [9.17, 15) is 4.39 Å². The van der Waals surface area contributed by atoms with Crippen LogP contribution >= 0.6 is 0 Å². The molecule has 0 atom stereocenters. The predicted octanol–water partition coefficient (Wildman–Crippen LogP) is 3.19. The lowest BCUT2D eigenvalue weighted by Gasteiger charge is -2.14. The Balaban J connectivity index is 2.19. The first-order chi connectivity index (χ1) is 8.20. The van der Waals surface area contributed by atoms with Crippen LogP contribution in [0, 0.1) is 6.92 Å². The number of benzene rings is 1. The van der Waals surface area contributed by atoms with Gasteiger partial charge in [-0.2, -0.15) is 0 Å². The Morgan fingerprint density at radius 1 is 1.41 bits per heavy atom. The van der Waals surface area contributed by atoms with Crippen LogP contribution in [-0.2, 0) is 0 Å². The number of hydrogen-bond acceptors (Lipinski definition) is 3. The molecule has 0 unspecified atom stereocenters. The van der Waals surface area contributed by atoms with Crippen molar-refractivity contribution in [1.82, 2.24) is 0 Å². The zero-order valence-corrected chi connectivity index (χ0v) is 9.66. The van der Waals surface area contributed by atoms with Gasteiger partial charge in [-0.25, -0.2) is 4.39 Å². The molecule has 90 valence electrons. The number of rotatable bonds is 3. The molecule has 0 heterocycles. The summed E-state index contributed by atoms with van der Waals surface area (Å²) in [4.78, 5) is 0. The molecule has 3 N–H and O–H groups in total. The van der Waals surface area contributed by atoms with Crippen LogP contribution in [0.15, 0.2) is 41.9 Å². The molecular weight excluding hydrogens is 219 g/mol. The van der Waals surface area contributed by atoms with Gasteiger partial charge in [0, 0.05) is 6.42 Å². The maximum atomic E-state index is 13.4. The molecule has 0 spiro atoms. The molecule has 0 radical (unpaired) electrons. The minimum Gasteiger partial charge on any atom is -0.459 e. The largest absolute Gasteiger partial charge is 0.459 e. The summed E-state index contributed by atoms with van der Waals surface area (Å²) in [6.45, 7) is 1.91. The summed E-state index contributed by atoms with van der Waals surface area (Å²) < 4.78 is 18.9. The van der Waals surface area contributed by atoms with Crippen LogP contribution in [0.4, 0.5) is 10.1 Å². The van der Waals surface area contributed by atoms with E-state index >= 15 is 0 Å². The molecule has 1 aromatic rings.